The molecule has 1 aromatic heterocycles. The number of likely N-dealkylation sites (tertiary alicyclic amines) is 1. The third kappa shape index (κ3) is 4.68. The molecule has 1 saturated heterocycles. The normalized spacial score (nSPS) is 21.0. The smallest absolute Gasteiger partial charge is 0.334 e. The first kappa shape index (κ1) is 31.5. The summed E-state index contributed by atoms with van der Waals surface area (Å²) in [5, 5.41) is 0. The fraction of sp³-hybridized carbons (Fsp3) is 0.357. The Kier molecular flexibility index (Phi) is 7.55. The quantitative estimate of drug-likeness (QED) is 0.250. The van der Waals surface area contributed by atoms with E-state index in [2.05, 4.69) is 0 Å². The molecule has 1 aliphatic heterocycles. The van der Waals surface area contributed by atoms with Crippen LogP contribution >= 0.6 is 22.6 Å². The Morgan fingerprint density at radius 1 is 0.953 bits per heavy atom. The lowest BCUT2D eigenvalue weighted by atomic mass is 9.76. The van der Waals surface area contributed by atoms with Crippen molar-refractivity contribution in [3.8, 4) is 0 Å². The van der Waals surface area contributed by atoms with Crippen molar-refractivity contribution in [3.63, 3.8) is 0 Å². The summed E-state index contributed by atoms with van der Waals surface area (Å²) in [5.41, 5.74) is -7.97. The van der Waals surface area contributed by atoms with Gasteiger partial charge in [-0.25, -0.2) is 12.8 Å². The zero-order chi connectivity index (χ0) is 31.8. The Morgan fingerprint density at radius 2 is 1.58 bits per heavy atom. The van der Waals surface area contributed by atoms with E-state index in [0.717, 1.165) is 6.07 Å². The summed E-state index contributed by atoms with van der Waals surface area (Å²) >= 11 is 1.96. The molecule has 2 aliphatic rings. The van der Waals surface area contributed by atoms with E-state index in [1.54, 1.807) is 0 Å². The topological polar surface area (TPSA) is 76.5 Å². The van der Waals surface area contributed by atoms with Crippen LogP contribution in [-0.2, 0) is 33.7 Å². The van der Waals surface area contributed by atoms with Crippen molar-refractivity contribution in [1.29, 1.82) is 0 Å². The Labute approximate surface area is 254 Å². The summed E-state index contributed by atoms with van der Waals surface area (Å²) in [6, 6.07) is 8.69. The van der Waals surface area contributed by atoms with E-state index in [1.807, 2.05) is 22.6 Å². The van der Waals surface area contributed by atoms with Gasteiger partial charge in [0.05, 0.1) is 16.5 Å². The third-order valence-corrected chi connectivity index (χ3v) is 11.5. The molecule has 0 N–H and O–H groups in total. The molecule has 230 valence electrons. The minimum absolute atomic E-state index is 0.0864. The van der Waals surface area contributed by atoms with Gasteiger partial charge in [0.15, 0.2) is 9.84 Å². The van der Waals surface area contributed by atoms with Crippen LogP contribution in [0.3, 0.4) is 0 Å². The molecule has 6 nitrogen and oxygen atoms in total. The number of alkyl halides is 7. The predicted molar refractivity (Wildman–Crippen MR) is 149 cm³/mol. The maximum absolute atomic E-state index is 15.0. The summed E-state index contributed by atoms with van der Waals surface area (Å²) in [6.07, 6.45) is -12.0. The average Bonchev–Trinajstić information content (AvgIpc) is 3.34. The fourth-order valence-electron chi connectivity index (χ4n) is 6.18. The van der Waals surface area contributed by atoms with Gasteiger partial charge in [-0.1, -0.05) is 18.2 Å². The number of nitrogens with zero attached hydrogens (tertiary/aromatic N) is 2. The molecule has 0 saturated carbocycles. The molecular formula is C28H22F7IN2O4S. The highest BCUT2D eigenvalue weighted by atomic mass is 127. The van der Waals surface area contributed by atoms with Crippen LogP contribution in [0, 0.1) is 3.57 Å². The van der Waals surface area contributed by atoms with Gasteiger partial charge in [-0.15, -0.1) is 0 Å². The SMILES string of the molecule is Cn1cc(C(=O)N2CC[C@@]3(S(=O)(=O)c4ccc(I)cc4)c4ccc(C(F)(C(F)(F)F)C(F)(F)F)cc4CC[C@@H]23)ccc1=O. The summed E-state index contributed by atoms with van der Waals surface area (Å²) in [7, 11) is -3.02. The summed E-state index contributed by atoms with van der Waals surface area (Å²) in [4.78, 5) is 26.7. The van der Waals surface area contributed by atoms with Crippen LogP contribution < -0.4 is 5.56 Å². The Bertz CT molecular complexity index is 1760. The molecule has 3 aromatic rings. The van der Waals surface area contributed by atoms with Crippen molar-refractivity contribution in [2.75, 3.05) is 6.54 Å². The number of fused-ring (bicyclic) bond motifs is 3. The largest absolute Gasteiger partial charge is 0.435 e. The standard InChI is InChI=1S/C28H22F7IN2O4S/c1-37-15-17(3-11-23(37)39)24(40)38-13-12-25(43(41,42)20-7-5-19(36)6-8-20)21-9-4-18(14-16(21)2-10-22(25)38)26(29,27(30,31)32)28(33,34)35/h3-9,11,14-15,22H,2,10,12-13H2,1H3/t22-,25-/m1/s1. The van der Waals surface area contributed by atoms with Gasteiger partial charge >= 0.3 is 18.0 Å². The molecule has 1 aliphatic carbocycles. The third-order valence-electron chi connectivity index (χ3n) is 8.26. The Hall–Kier alpha value is -2.95. The van der Waals surface area contributed by atoms with E-state index in [9.17, 15) is 48.7 Å². The Balaban J connectivity index is 1.71. The summed E-state index contributed by atoms with van der Waals surface area (Å²) in [6.45, 7) is -0.116. The van der Waals surface area contributed by atoms with Crippen LogP contribution in [0.1, 0.15) is 39.9 Å². The molecule has 15 heteroatoms. The molecule has 2 atom stereocenters. The van der Waals surface area contributed by atoms with Crippen LogP contribution in [0.5, 0.6) is 0 Å². The van der Waals surface area contributed by atoms with Crippen LogP contribution in [0.25, 0.3) is 0 Å². The average molecular weight is 742 g/mol. The fourth-order valence-corrected chi connectivity index (χ4v) is 8.91. The molecule has 5 rings (SSSR count). The first-order valence-electron chi connectivity index (χ1n) is 12.8. The highest BCUT2D eigenvalue weighted by Crippen LogP contribution is 2.56. The number of hydrogen-bond donors (Lipinski definition) is 0. The van der Waals surface area contributed by atoms with E-state index < -0.39 is 55.7 Å². The molecule has 0 spiro atoms. The van der Waals surface area contributed by atoms with Gasteiger partial charge in [-0.05, 0) is 83.3 Å². The lowest BCUT2D eigenvalue weighted by Gasteiger charge is -2.43. The summed E-state index contributed by atoms with van der Waals surface area (Å²) in [5.74, 6) is -0.600. The Morgan fingerprint density at radius 3 is 2.16 bits per heavy atom. The van der Waals surface area contributed by atoms with Crippen molar-refractivity contribution in [3.05, 3.63) is 97.0 Å². The molecular weight excluding hydrogens is 720 g/mol. The lowest BCUT2D eigenvalue weighted by Crippen LogP contribution is -2.53. The van der Waals surface area contributed by atoms with E-state index in [1.165, 1.54) is 59.1 Å². The molecule has 0 bridgehead atoms. The van der Waals surface area contributed by atoms with Gasteiger partial charge in [-0.3, -0.25) is 9.59 Å². The second-order valence-corrected chi connectivity index (χ2v) is 14.0. The van der Waals surface area contributed by atoms with E-state index in [-0.39, 0.29) is 47.4 Å². The minimum Gasteiger partial charge on any atom is -0.334 e. The number of sulfone groups is 1. The molecule has 0 radical (unpaired) electrons. The zero-order valence-electron chi connectivity index (χ0n) is 22.1. The van der Waals surface area contributed by atoms with Gasteiger partial charge < -0.3 is 9.47 Å². The van der Waals surface area contributed by atoms with Crippen molar-refractivity contribution in [2.24, 2.45) is 7.05 Å². The lowest BCUT2D eigenvalue weighted by molar-refractivity contribution is -0.348. The van der Waals surface area contributed by atoms with Gasteiger partial charge in [0.25, 0.3) is 5.91 Å². The van der Waals surface area contributed by atoms with E-state index in [4.69, 9.17) is 0 Å². The molecule has 2 heterocycles. The molecule has 1 fully saturated rings. The predicted octanol–water partition coefficient (Wildman–Crippen LogP) is 5.81. The van der Waals surface area contributed by atoms with Crippen molar-refractivity contribution in [1.82, 2.24) is 9.47 Å². The number of carbonyl (C=O) groups is 1. The highest BCUT2D eigenvalue weighted by molar-refractivity contribution is 14.1. The second kappa shape index (κ2) is 10.3. The number of hydrogen-bond acceptors (Lipinski definition) is 4. The maximum atomic E-state index is 15.0. The zero-order valence-corrected chi connectivity index (χ0v) is 25.1. The first-order chi connectivity index (χ1) is 19.9. The van der Waals surface area contributed by atoms with Crippen LogP contribution in [0.15, 0.2) is 70.5 Å². The second-order valence-electron chi connectivity index (χ2n) is 10.5. The van der Waals surface area contributed by atoms with Crippen molar-refractivity contribution >= 4 is 38.3 Å². The van der Waals surface area contributed by atoms with Crippen molar-refractivity contribution < 1.29 is 43.9 Å². The number of rotatable bonds is 4. The molecule has 0 unspecified atom stereocenters. The van der Waals surface area contributed by atoms with Gasteiger partial charge in [0.2, 0.25) is 5.56 Å². The van der Waals surface area contributed by atoms with Gasteiger partial charge in [0.1, 0.15) is 4.75 Å². The first-order valence-corrected chi connectivity index (χ1v) is 15.4. The van der Waals surface area contributed by atoms with Crippen molar-refractivity contribution in [2.45, 2.75) is 53.0 Å². The number of amides is 1. The van der Waals surface area contributed by atoms with Crippen LogP contribution in [0.4, 0.5) is 30.7 Å². The van der Waals surface area contributed by atoms with Crippen LogP contribution in [-0.4, -0.2) is 48.7 Å². The minimum atomic E-state index is -6.34. The number of benzene rings is 2. The van der Waals surface area contributed by atoms with Gasteiger partial charge in [-0.2, -0.15) is 26.3 Å². The maximum Gasteiger partial charge on any atom is 0.435 e. The monoisotopic (exact) mass is 742 g/mol. The van der Waals surface area contributed by atoms with E-state index >= 15 is 0 Å². The number of halogens is 8. The highest BCUT2D eigenvalue weighted by Gasteiger charge is 2.73. The van der Waals surface area contributed by atoms with Crippen LogP contribution in [0.2, 0.25) is 0 Å². The number of carbonyl (C=O) groups excluding carboxylic acids is 1. The van der Waals surface area contributed by atoms with Gasteiger partial charge in [0, 0.05) is 35.0 Å². The summed E-state index contributed by atoms with van der Waals surface area (Å²) < 4.78 is 125. The molecule has 43 heavy (non-hydrogen) atoms. The number of aryl methyl sites for hydroxylation is 2. The molecule has 2 aromatic carbocycles. The van der Waals surface area contributed by atoms with E-state index in [0.29, 0.717) is 15.7 Å². The number of pyridine rings is 1. The molecule has 1 amide bonds. The number of aromatic nitrogens is 1.